The van der Waals surface area contributed by atoms with E-state index in [0.717, 1.165) is 18.7 Å². The van der Waals surface area contributed by atoms with Crippen molar-refractivity contribution >= 4 is 23.4 Å². The van der Waals surface area contributed by atoms with Crippen molar-refractivity contribution in [2.75, 3.05) is 5.75 Å². The zero-order chi connectivity index (χ0) is 13.1. The summed E-state index contributed by atoms with van der Waals surface area (Å²) < 4.78 is 1.94. The number of thioether (sulfide) groups is 1. The largest absolute Gasteiger partial charge is 0.386 e. The highest BCUT2D eigenvalue weighted by molar-refractivity contribution is 8.00. The van der Waals surface area contributed by atoms with Crippen LogP contribution in [0.4, 0.5) is 0 Å². The van der Waals surface area contributed by atoms with Crippen LogP contribution >= 0.6 is 23.4 Å². The number of hydrogen-bond donors (Lipinski definition) is 1. The van der Waals surface area contributed by atoms with E-state index in [2.05, 4.69) is 32.8 Å². The maximum atomic E-state index is 10.2. The highest BCUT2D eigenvalue weighted by Crippen LogP contribution is 2.31. The molecule has 5 heteroatoms. The van der Waals surface area contributed by atoms with Crippen molar-refractivity contribution < 1.29 is 5.11 Å². The first-order valence-corrected chi connectivity index (χ1v) is 7.24. The average molecular weight is 277 g/mol. The number of nitrogens with zero attached hydrogens (tertiary/aromatic N) is 2. The lowest BCUT2D eigenvalue weighted by atomic mass is 10.2. The van der Waals surface area contributed by atoms with E-state index in [0.29, 0.717) is 10.8 Å². The third kappa shape index (κ3) is 4.53. The molecule has 1 atom stereocenters. The van der Waals surface area contributed by atoms with Gasteiger partial charge in [0.25, 0.3) is 0 Å². The number of aliphatic hydroxyl groups excluding tert-OH is 1. The molecule has 1 aromatic rings. The van der Waals surface area contributed by atoms with Crippen LogP contribution in [0.1, 0.15) is 45.9 Å². The standard InChI is InChI=1S/C12H21ClN2OS/c1-5-6-15-11(9(13)7-14-15)10(16)8-17-12(2,3)4/h7,10,16H,5-6,8H2,1-4H3. The molecule has 1 aromatic heterocycles. The third-order valence-corrected chi connectivity index (χ3v) is 3.90. The molecule has 0 bridgehead atoms. The summed E-state index contributed by atoms with van der Waals surface area (Å²) in [5, 5.41) is 14.9. The summed E-state index contributed by atoms with van der Waals surface area (Å²) in [5.41, 5.74) is 0.741. The molecule has 1 N–H and O–H groups in total. The highest BCUT2D eigenvalue weighted by atomic mass is 35.5. The molecule has 1 unspecified atom stereocenters. The van der Waals surface area contributed by atoms with E-state index < -0.39 is 6.10 Å². The van der Waals surface area contributed by atoms with Crippen molar-refractivity contribution in [3.63, 3.8) is 0 Å². The van der Waals surface area contributed by atoms with Gasteiger partial charge in [-0.15, -0.1) is 0 Å². The third-order valence-electron chi connectivity index (χ3n) is 2.26. The molecule has 0 aliphatic carbocycles. The van der Waals surface area contributed by atoms with Gasteiger partial charge in [0.15, 0.2) is 0 Å². The van der Waals surface area contributed by atoms with Gasteiger partial charge in [0.2, 0.25) is 0 Å². The first kappa shape index (κ1) is 14.9. The molecule has 0 radical (unpaired) electrons. The molecule has 0 aliphatic rings. The van der Waals surface area contributed by atoms with E-state index in [1.165, 1.54) is 0 Å². The molecule has 0 saturated carbocycles. The van der Waals surface area contributed by atoms with Crippen molar-refractivity contribution in [3.8, 4) is 0 Å². The highest BCUT2D eigenvalue weighted by Gasteiger charge is 2.20. The van der Waals surface area contributed by atoms with Gasteiger partial charge in [-0.25, -0.2) is 0 Å². The van der Waals surface area contributed by atoms with Gasteiger partial charge in [0.1, 0.15) is 6.10 Å². The van der Waals surface area contributed by atoms with E-state index >= 15 is 0 Å². The predicted octanol–water partition coefficient (Wildman–Crippen LogP) is 3.51. The van der Waals surface area contributed by atoms with Gasteiger partial charge in [-0.05, 0) is 6.42 Å². The summed E-state index contributed by atoms with van der Waals surface area (Å²) >= 11 is 7.80. The summed E-state index contributed by atoms with van der Waals surface area (Å²) in [4.78, 5) is 0. The van der Waals surface area contributed by atoms with E-state index in [-0.39, 0.29) is 4.75 Å². The molecular weight excluding hydrogens is 256 g/mol. The molecule has 1 heterocycles. The Morgan fingerprint density at radius 3 is 2.71 bits per heavy atom. The first-order valence-electron chi connectivity index (χ1n) is 5.88. The maximum absolute atomic E-state index is 10.2. The molecular formula is C12H21ClN2OS. The van der Waals surface area contributed by atoms with Crippen LogP contribution in [0.15, 0.2) is 6.20 Å². The minimum atomic E-state index is -0.555. The molecule has 0 aromatic carbocycles. The molecule has 0 amide bonds. The number of aromatic nitrogens is 2. The summed E-state index contributed by atoms with van der Waals surface area (Å²) in [6, 6.07) is 0. The number of rotatable bonds is 5. The Morgan fingerprint density at radius 1 is 1.53 bits per heavy atom. The second-order valence-corrected chi connectivity index (χ2v) is 7.29. The zero-order valence-corrected chi connectivity index (χ0v) is 12.5. The minimum absolute atomic E-state index is 0.142. The van der Waals surface area contributed by atoms with Crippen LogP contribution in [-0.4, -0.2) is 25.4 Å². The number of halogens is 1. The molecule has 98 valence electrons. The summed E-state index contributed by atoms with van der Waals surface area (Å²) in [7, 11) is 0. The first-order chi connectivity index (χ1) is 7.85. The van der Waals surface area contributed by atoms with Gasteiger partial charge in [-0.1, -0.05) is 39.3 Å². The van der Waals surface area contributed by atoms with E-state index in [9.17, 15) is 5.11 Å². The molecule has 0 saturated heterocycles. The molecule has 0 fully saturated rings. The lowest BCUT2D eigenvalue weighted by Crippen LogP contribution is -2.15. The molecule has 0 aliphatic heterocycles. The number of aliphatic hydroxyl groups is 1. The van der Waals surface area contributed by atoms with E-state index in [4.69, 9.17) is 11.6 Å². The monoisotopic (exact) mass is 276 g/mol. The van der Waals surface area contributed by atoms with Crippen LogP contribution in [0, 0.1) is 0 Å². The topological polar surface area (TPSA) is 38.0 Å². The average Bonchev–Trinajstić information content (AvgIpc) is 2.56. The molecule has 0 spiro atoms. The summed E-state index contributed by atoms with van der Waals surface area (Å²) in [6.45, 7) is 9.27. The fraction of sp³-hybridized carbons (Fsp3) is 0.750. The van der Waals surface area contributed by atoms with Gasteiger partial charge < -0.3 is 5.11 Å². The Kier molecular flexibility index (Phi) is 5.35. The minimum Gasteiger partial charge on any atom is -0.386 e. The van der Waals surface area contributed by atoms with Crippen molar-refractivity contribution in [2.45, 2.75) is 51.5 Å². The van der Waals surface area contributed by atoms with Crippen LogP contribution in [0.3, 0.4) is 0 Å². The Hall–Kier alpha value is -0.190. The lowest BCUT2D eigenvalue weighted by molar-refractivity contribution is 0.191. The Balaban J connectivity index is 2.73. The normalized spacial score (nSPS) is 14.0. The van der Waals surface area contributed by atoms with Crippen molar-refractivity contribution in [3.05, 3.63) is 16.9 Å². The van der Waals surface area contributed by atoms with Gasteiger partial charge in [0, 0.05) is 17.0 Å². The SMILES string of the molecule is CCCn1ncc(Cl)c1C(O)CSC(C)(C)C. The molecule has 17 heavy (non-hydrogen) atoms. The van der Waals surface area contributed by atoms with Crippen LogP contribution in [0.5, 0.6) is 0 Å². The second-order valence-electron chi connectivity index (χ2n) is 5.04. The van der Waals surface area contributed by atoms with Crippen LogP contribution in [0.2, 0.25) is 5.02 Å². The van der Waals surface area contributed by atoms with Crippen LogP contribution in [0.25, 0.3) is 0 Å². The Labute approximate surface area is 113 Å². The van der Waals surface area contributed by atoms with Gasteiger partial charge in [-0.2, -0.15) is 16.9 Å². The second kappa shape index (κ2) is 6.12. The fourth-order valence-electron chi connectivity index (χ4n) is 1.50. The zero-order valence-electron chi connectivity index (χ0n) is 10.9. The molecule has 3 nitrogen and oxygen atoms in total. The van der Waals surface area contributed by atoms with Gasteiger partial charge in [-0.3, -0.25) is 4.68 Å². The number of hydrogen-bond acceptors (Lipinski definition) is 3. The van der Waals surface area contributed by atoms with Crippen LogP contribution in [-0.2, 0) is 6.54 Å². The van der Waals surface area contributed by atoms with Crippen molar-refractivity contribution in [2.24, 2.45) is 0 Å². The number of aryl methyl sites for hydroxylation is 1. The van der Waals surface area contributed by atoms with E-state index in [1.54, 1.807) is 22.6 Å². The van der Waals surface area contributed by atoms with Gasteiger partial charge >= 0.3 is 0 Å². The fourth-order valence-corrected chi connectivity index (χ4v) is 2.58. The summed E-state index contributed by atoms with van der Waals surface area (Å²) in [5.74, 6) is 0.638. The predicted molar refractivity (Wildman–Crippen MR) is 74.7 cm³/mol. The Morgan fingerprint density at radius 2 is 2.18 bits per heavy atom. The maximum Gasteiger partial charge on any atom is 0.106 e. The van der Waals surface area contributed by atoms with Crippen molar-refractivity contribution in [1.29, 1.82) is 0 Å². The Bertz CT molecular complexity index is 360. The van der Waals surface area contributed by atoms with Crippen LogP contribution < -0.4 is 0 Å². The smallest absolute Gasteiger partial charge is 0.106 e. The van der Waals surface area contributed by atoms with Gasteiger partial charge in [0.05, 0.1) is 16.9 Å². The van der Waals surface area contributed by atoms with E-state index in [1.807, 2.05) is 0 Å². The molecule has 1 rings (SSSR count). The summed E-state index contributed by atoms with van der Waals surface area (Å²) in [6.07, 6.45) is 2.03. The quantitative estimate of drug-likeness (QED) is 0.894. The van der Waals surface area contributed by atoms with Crippen molar-refractivity contribution in [1.82, 2.24) is 9.78 Å². The lowest BCUT2D eigenvalue weighted by Gasteiger charge is -2.20.